The van der Waals surface area contributed by atoms with Crippen molar-refractivity contribution < 1.29 is 0 Å². The van der Waals surface area contributed by atoms with Crippen LogP contribution in [0.4, 0.5) is 0 Å². The van der Waals surface area contributed by atoms with E-state index in [1.807, 2.05) is 0 Å². The van der Waals surface area contributed by atoms with Crippen LogP contribution < -0.4 is 21.1 Å². The highest BCUT2D eigenvalue weighted by Crippen LogP contribution is 1.93. The van der Waals surface area contributed by atoms with Crippen molar-refractivity contribution in [3.63, 3.8) is 0 Å². The molecule has 0 fully saturated rings. The van der Waals surface area contributed by atoms with Crippen molar-refractivity contribution in [3.8, 4) is 0 Å². The van der Waals surface area contributed by atoms with E-state index in [9.17, 15) is 0 Å². The standard InChI is InChI=1S/C14H19N/c1-4-13-12(9-10(2)3)11-7-5-6-8-14(11)15-13/h4,7-10,15H,5-6H2,1-3H3/b12-9-,13-4+. The molecule has 0 radical (unpaired) electrons. The Hall–Kier alpha value is -1.24. The fourth-order valence-electron chi connectivity index (χ4n) is 2.15. The fraction of sp³-hybridized carbons (Fsp3) is 0.429. The first-order chi connectivity index (χ1) is 7.22. The van der Waals surface area contributed by atoms with E-state index < -0.39 is 0 Å². The Balaban J connectivity index is 2.91. The molecular formula is C14H19N. The lowest BCUT2D eigenvalue weighted by molar-refractivity contribution is 0.879. The van der Waals surface area contributed by atoms with Gasteiger partial charge in [-0.25, -0.2) is 0 Å². The lowest BCUT2D eigenvalue weighted by Gasteiger charge is -1.94. The van der Waals surface area contributed by atoms with E-state index in [1.165, 1.54) is 27.6 Å². The maximum absolute atomic E-state index is 3.48. The lowest BCUT2D eigenvalue weighted by atomic mass is 10.1. The molecule has 1 aromatic rings. The molecule has 0 unspecified atom stereocenters. The molecule has 0 saturated heterocycles. The molecule has 0 bridgehead atoms. The number of nitrogens with one attached hydrogen (secondary N) is 1. The van der Waals surface area contributed by atoms with E-state index in [0.717, 1.165) is 6.42 Å². The third kappa shape index (κ3) is 1.92. The summed E-state index contributed by atoms with van der Waals surface area (Å²) in [5.74, 6) is 0.596. The molecule has 0 saturated carbocycles. The van der Waals surface area contributed by atoms with Crippen LogP contribution in [0.3, 0.4) is 0 Å². The Morgan fingerprint density at radius 1 is 1.27 bits per heavy atom. The molecule has 1 heterocycles. The smallest absolute Gasteiger partial charge is 0.0421 e. The zero-order valence-corrected chi connectivity index (χ0v) is 9.80. The minimum absolute atomic E-state index is 0.596. The van der Waals surface area contributed by atoms with Gasteiger partial charge < -0.3 is 4.98 Å². The third-order valence-electron chi connectivity index (χ3n) is 2.79. The van der Waals surface area contributed by atoms with Crippen LogP contribution >= 0.6 is 0 Å². The van der Waals surface area contributed by atoms with Gasteiger partial charge >= 0.3 is 0 Å². The maximum Gasteiger partial charge on any atom is 0.0421 e. The Kier molecular flexibility index (Phi) is 2.81. The summed E-state index contributed by atoms with van der Waals surface area (Å²) < 4.78 is 0. The van der Waals surface area contributed by atoms with Gasteiger partial charge in [0.15, 0.2) is 0 Å². The predicted octanol–water partition coefficient (Wildman–Crippen LogP) is 0.606. The van der Waals surface area contributed by atoms with Crippen molar-refractivity contribution in [1.29, 1.82) is 0 Å². The first-order valence-electron chi connectivity index (χ1n) is 5.79. The number of H-pyrrole nitrogens is 1. The SMILES string of the molecule is C/C=c1/[nH]c2c(/c1=C/C(C)C)=CCCC=2. The molecule has 0 aliphatic heterocycles. The van der Waals surface area contributed by atoms with Crippen LogP contribution in [0.1, 0.15) is 33.6 Å². The summed E-state index contributed by atoms with van der Waals surface area (Å²) in [5, 5.41) is 5.37. The van der Waals surface area contributed by atoms with Gasteiger partial charge in [-0.05, 0) is 25.7 Å². The molecule has 15 heavy (non-hydrogen) atoms. The van der Waals surface area contributed by atoms with E-state index in [4.69, 9.17) is 0 Å². The molecule has 80 valence electrons. The van der Waals surface area contributed by atoms with Crippen molar-refractivity contribution in [1.82, 2.24) is 4.98 Å². The average molecular weight is 201 g/mol. The minimum Gasteiger partial charge on any atom is -0.355 e. The number of rotatable bonds is 1. The molecule has 1 aromatic heterocycles. The molecule has 1 aliphatic rings. The van der Waals surface area contributed by atoms with Gasteiger partial charge in [-0.1, -0.05) is 38.2 Å². The summed E-state index contributed by atoms with van der Waals surface area (Å²) in [4.78, 5) is 3.48. The quantitative estimate of drug-likeness (QED) is 0.685. The Morgan fingerprint density at radius 2 is 2.00 bits per heavy atom. The molecule has 2 rings (SSSR count). The lowest BCUT2D eigenvalue weighted by Crippen LogP contribution is -2.38. The second-order valence-electron chi connectivity index (χ2n) is 4.46. The molecule has 0 aromatic carbocycles. The van der Waals surface area contributed by atoms with Crippen LogP contribution in [0.15, 0.2) is 0 Å². The van der Waals surface area contributed by atoms with Crippen LogP contribution in [0.5, 0.6) is 0 Å². The van der Waals surface area contributed by atoms with E-state index in [0.29, 0.717) is 5.92 Å². The van der Waals surface area contributed by atoms with Crippen molar-refractivity contribution in [2.24, 2.45) is 5.92 Å². The van der Waals surface area contributed by atoms with Crippen molar-refractivity contribution in [2.45, 2.75) is 33.6 Å². The average Bonchev–Trinajstić information content (AvgIpc) is 2.56. The molecule has 1 heteroatoms. The summed E-state index contributed by atoms with van der Waals surface area (Å²) >= 11 is 0. The Bertz CT molecular complexity index is 570. The van der Waals surface area contributed by atoms with Crippen molar-refractivity contribution >= 4 is 24.3 Å². The predicted molar refractivity (Wildman–Crippen MR) is 66.9 cm³/mol. The van der Waals surface area contributed by atoms with Gasteiger partial charge in [0.2, 0.25) is 0 Å². The van der Waals surface area contributed by atoms with Gasteiger partial charge in [0.05, 0.1) is 0 Å². The van der Waals surface area contributed by atoms with Gasteiger partial charge in [0.1, 0.15) is 0 Å². The number of fused-ring (bicyclic) bond motifs is 1. The summed E-state index contributed by atoms with van der Waals surface area (Å²) in [7, 11) is 0. The summed E-state index contributed by atoms with van der Waals surface area (Å²) in [6, 6.07) is 0. The second kappa shape index (κ2) is 4.09. The molecule has 0 atom stereocenters. The van der Waals surface area contributed by atoms with Gasteiger partial charge in [-0.15, -0.1) is 0 Å². The zero-order chi connectivity index (χ0) is 10.8. The number of hydrogen-bond donors (Lipinski definition) is 1. The molecular weight excluding hydrogens is 182 g/mol. The van der Waals surface area contributed by atoms with Crippen LogP contribution in [0.2, 0.25) is 0 Å². The van der Waals surface area contributed by atoms with Gasteiger partial charge in [-0.3, -0.25) is 0 Å². The second-order valence-corrected chi connectivity index (χ2v) is 4.46. The van der Waals surface area contributed by atoms with Crippen LogP contribution in [0, 0.1) is 5.92 Å². The van der Waals surface area contributed by atoms with E-state index in [2.05, 4.69) is 50.1 Å². The summed E-state index contributed by atoms with van der Waals surface area (Å²) in [6.45, 7) is 6.55. The first kappa shape index (κ1) is 10.3. The monoisotopic (exact) mass is 201 g/mol. The largest absolute Gasteiger partial charge is 0.355 e. The van der Waals surface area contributed by atoms with Gasteiger partial charge in [0, 0.05) is 21.1 Å². The van der Waals surface area contributed by atoms with Crippen molar-refractivity contribution in [3.05, 3.63) is 21.1 Å². The highest BCUT2D eigenvalue weighted by molar-refractivity contribution is 5.41. The minimum atomic E-state index is 0.596. The van der Waals surface area contributed by atoms with Crippen molar-refractivity contribution in [2.75, 3.05) is 0 Å². The maximum atomic E-state index is 3.48. The topological polar surface area (TPSA) is 15.8 Å². The summed E-state index contributed by atoms with van der Waals surface area (Å²) in [6.07, 6.45) is 11.5. The number of hydrogen-bond acceptors (Lipinski definition) is 0. The highest BCUT2D eigenvalue weighted by atomic mass is 14.7. The third-order valence-corrected chi connectivity index (χ3v) is 2.79. The normalized spacial score (nSPS) is 17.6. The molecule has 1 aliphatic carbocycles. The number of aromatic nitrogens is 1. The van der Waals surface area contributed by atoms with Gasteiger partial charge in [-0.2, -0.15) is 0 Å². The fourth-order valence-corrected chi connectivity index (χ4v) is 2.15. The highest BCUT2D eigenvalue weighted by Gasteiger charge is 1.99. The Morgan fingerprint density at radius 3 is 2.67 bits per heavy atom. The van der Waals surface area contributed by atoms with Crippen LogP contribution in [0.25, 0.3) is 24.3 Å². The van der Waals surface area contributed by atoms with Crippen LogP contribution in [-0.2, 0) is 0 Å². The zero-order valence-electron chi connectivity index (χ0n) is 9.80. The molecule has 0 spiro atoms. The van der Waals surface area contributed by atoms with E-state index in [1.54, 1.807) is 0 Å². The molecule has 0 amide bonds. The molecule has 1 nitrogen and oxygen atoms in total. The first-order valence-corrected chi connectivity index (χ1v) is 5.79. The Labute approximate surface area is 90.5 Å². The van der Waals surface area contributed by atoms with E-state index in [-0.39, 0.29) is 0 Å². The summed E-state index contributed by atoms with van der Waals surface area (Å²) in [5.41, 5.74) is 0. The molecule has 1 N–H and O–H groups in total. The number of aromatic amines is 1. The van der Waals surface area contributed by atoms with Crippen LogP contribution in [-0.4, -0.2) is 4.98 Å². The van der Waals surface area contributed by atoms with Gasteiger partial charge in [0.25, 0.3) is 0 Å². The van der Waals surface area contributed by atoms with E-state index >= 15 is 0 Å².